The van der Waals surface area contributed by atoms with Gasteiger partial charge < -0.3 is 23.4 Å². The van der Waals surface area contributed by atoms with E-state index in [1.54, 1.807) is 14.2 Å². The van der Waals surface area contributed by atoms with Crippen molar-refractivity contribution in [2.24, 2.45) is 17.3 Å². The molecule has 5 unspecified atom stereocenters. The smallest absolute Gasteiger partial charge is 0.311 e. The van der Waals surface area contributed by atoms with E-state index in [0.717, 1.165) is 6.29 Å². The molecule has 0 saturated carbocycles. The third-order valence-electron chi connectivity index (χ3n) is 6.16. The topological polar surface area (TPSA) is 71.1 Å². The lowest BCUT2D eigenvalue weighted by Gasteiger charge is -2.44. The van der Waals surface area contributed by atoms with Gasteiger partial charge in [0, 0.05) is 20.1 Å². The Kier molecular flexibility index (Phi) is 12.2. The van der Waals surface area contributed by atoms with Crippen LogP contribution in [0.15, 0.2) is 0 Å². The summed E-state index contributed by atoms with van der Waals surface area (Å²) in [5.41, 5.74) is -0.527. The highest BCUT2D eigenvalue weighted by atomic mass is 28.4. The van der Waals surface area contributed by atoms with Crippen LogP contribution in [0.3, 0.4) is 0 Å². The molecule has 7 heteroatoms. The summed E-state index contributed by atoms with van der Waals surface area (Å²) in [5.74, 6) is -0.266. The molecule has 0 aliphatic heterocycles. The van der Waals surface area contributed by atoms with E-state index in [-0.39, 0.29) is 41.2 Å². The SMILES string of the molecule is COC(CC(C)C=O)C(O[Si](C)(C)C(C)(C)C)C(CC(C)COC(=O)C(C)(C)C)OC. The maximum Gasteiger partial charge on any atom is 0.311 e. The van der Waals surface area contributed by atoms with Gasteiger partial charge in [-0.15, -0.1) is 0 Å². The van der Waals surface area contributed by atoms with Crippen LogP contribution in [0, 0.1) is 17.3 Å². The van der Waals surface area contributed by atoms with E-state index in [1.165, 1.54) is 0 Å². The standard InChI is InChI=1S/C24H48O6Si/c1-17(15-25)13-19(27-9)21(30-31(11,12)24(6,7)8)20(28-10)14-18(2)16-29-22(26)23(3,4)5/h15,17-21H,13-14,16H2,1-12H3. The van der Waals surface area contributed by atoms with Crippen LogP contribution in [0.5, 0.6) is 0 Å². The van der Waals surface area contributed by atoms with Gasteiger partial charge in [-0.1, -0.05) is 34.6 Å². The Hall–Kier alpha value is -0.763. The van der Waals surface area contributed by atoms with Crippen molar-refractivity contribution in [2.75, 3.05) is 20.8 Å². The van der Waals surface area contributed by atoms with Crippen LogP contribution < -0.4 is 0 Å². The number of hydrogen-bond donors (Lipinski definition) is 0. The van der Waals surface area contributed by atoms with E-state index >= 15 is 0 Å². The van der Waals surface area contributed by atoms with Crippen molar-refractivity contribution >= 4 is 20.6 Å². The molecule has 0 spiro atoms. The first-order valence-corrected chi connectivity index (χ1v) is 14.3. The summed E-state index contributed by atoms with van der Waals surface area (Å²) in [5, 5.41) is 0.0198. The van der Waals surface area contributed by atoms with Crippen LogP contribution >= 0.6 is 0 Å². The maximum absolute atomic E-state index is 12.1. The average molecular weight is 461 g/mol. The highest BCUT2D eigenvalue weighted by Gasteiger charge is 2.44. The van der Waals surface area contributed by atoms with Crippen molar-refractivity contribution in [3.63, 3.8) is 0 Å². The van der Waals surface area contributed by atoms with E-state index in [4.69, 9.17) is 18.6 Å². The fraction of sp³-hybridized carbons (Fsp3) is 0.917. The van der Waals surface area contributed by atoms with E-state index in [0.29, 0.717) is 19.4 Å². The van der Waals surface area contributed by atoms with Gasteiger partial charge in [-0.2, -0.15) is 0 Å². The first-order chi connectivity index (χ1) is 14.0. The van der Waals surface area contributed by atoms with Gasteiger partial charge >= 0.3 is 5.97 Å². The lowest BCUT2D eigenvalue weighted by molar-refractivity contribution is -0.155. The van der Waals surface area contributed by atoms with Crippen LogP contribution in [-0.4, -0.2) is 59.7 Å². The molecule has 0 rings (SSSR count). The van der Waals surface area contributed by atoms with Gasteiger partial charge in [0.1, 0.15) is 6.29 Å². The third kappa shape index (κ3) is 10.1. The number of esters is 1. The number of aldehydes is 1. The van der Waals surface area contributed by atoms with Gasteiger partial charge in [0.15, 0.2) is 8.32 Å². The molecule has 0 aliphatic rings. The minimum atomic E-state index is -2.13. The average Bonchev–Trinajstić information content (AvgIpc) is 2.64. The molecule has 0 radical (unpaired) electrons. The number of methoxy groups -OCH3 is 2. The van der Waals surface area contributed by atoms with Gasteiger partial charge in [0.25, 0.3) is 0 Å². The summed E-state index contributed by atoms with van der Waals surface area (Å²) in [4.78, 5) is 23.4. The first kappa shape index (κ1) is 30.2. The molecule has 5 atom stereocenters. The van der Waals surface area contributed by atoms with Crippen LogP contribution in [0.4, 0.5) is 0 Å². The van der Waals surface area contributed by atoms with Crippen molar-refractivity contribution in [1.29, 1.82) is 0 Å². The van der Waals surface area contributed by atoms with E-state index in [2.05, 4.69) is 33.9 Å². The van der Waals surface area contributed by atoms with Crippen molar-refractivity contribution in [1.82, 2.24) is 0 Å². The van der Waals surface area contributed by atoms with Crippen molar-refractivity contribution in [3.8, 4) is 0 Å². The Bertz CT molecular complexity index is 549. The van der Waals surface area contributed by atoms with Crippen molar-refractivity contribution < 1.29 is 28.2 Å². The molecule has 184 valence electrons. The van der Waals surface area contributed by atoms with Crippen LogP contribution in [-0.2, 0) is 28.2 Å². The predicted molar refractivity (Wildman–Crippen MR) is 128 cm³/mol. The highest BCUT2D eigenvalue weighted by Crippen LogP contribution is 2.39. The predicted octanol–water partition coefficient (Wildman–Crippen LogP) is 5.25. The molecular weight excluding hydrogens is 412 g/mol. The lowest BCUT2D eigenvalue weighted by Crippen LogP contribution is -2.53. The zero-order chi connectivity index (χ0) is 24.6. The van der Waals surface area contributed by atoms with Crippen LogP contribution in [0.1, 0.15) is 68.2 Å². The molecule has 0 amide bonds. The molecule has 0 heterocycles. The zero-order valence-corrected chi connectivity index (χ0v) is 23.0. The summed E-state index contributed by atoms with van der Waals surface area (Å²) >= 11 is 0. The molecule has 0 bridgehead atoms. The molecule has 0 saturated heterocycles. The second-order valence-electron chi connectivity index (χ2n) is 11.4. The van der Waals surface area contributed by atoms with Crippen LogP contribution in [0.2, 0.25) is 18.1 Å². The number of carbonyl (C=O) groups is 2. The first-order valence-electron chi connectivity index (χ1n) is 11.4. The second-order valence-corrected chi connectivity index (χ2v) is 16.2. The van der Waals surface area contributed by atoms with E-state index < -0.39 is 13.7 Å². The summed E-state index contributed by atoms with van der Waals surface area (Å²) in [6.45, 7) is 20.8. The van der Waals surface area contributed by atoms with Crippen molar-refractivity contribution in [2.45, 2.75) is 105 Å². The monoisotopic (exact) mass is 460 g/mol. The zero-order valence-electron chi connectivity index (χ0n) is 22.0. The largest absolute Gasteiger partial charge is 0.465 e. The normalized spacial score (nSPS) is 18.1. The lowest BCUT2D eigenvalue weighted by atomic mass is 9.93. The Morgan fingerprint density at radius 1 is 0.935 bits per heavy atom. The minimum Gasteiger partial charge on any atom is -0.465 e. The molecule has 0 aliphatic carbocycles. The maximum atomic E-state index is 12.1. The molecule has 0 aromatic heterocycles. The Balaban J connectivity index is 5.61. The molecular formula is C24H48O6Si. The van der Waals surface area contributed by atoms with Gasteiger partial charge in [-0.25, -0.2) is 0 Å². The Labute approximate surface area is 191 Å². The highest BCUT2D eigenvalue weighted by molar-refractivity contribution is 6.74. The van der Waals surface area contributed by atoms with Gasteiger partial charge in [-0.3, -0.25) is 4.79 Å². The second kappa shape index (κ2) is 12.5. The van der Waals surface area contributed by atoms with Gasteiger partial charge in [-0.05, 0) is 57.7 Å². The van der Waals surface area contributed by atoms with E-state index in [9.17, 15) is 9.59 Å². The molecule has 0 fully saturated rings. The molecule has 0 N–H and O–H groups in total. The summed E-state index contributed by atoms with van der Waals surface area (Å²) in [6.07, 6.45) is 1.32. The summed E-state index contributed by atoms with van der Waals surface area (Å²) in [6, 6.07) is 0. The molecule has 31 heavy (non-hydrogen) atoms. The fourth-order valence-electron chi connectivity index (χ4n) is 2.96. The van der Waals surface area contributed by atoms with Gasteiger partial charge in [0.05, 0.1) is 30.3 Å². The quantitative estimate of drug-likeness (QED) is 0.212. The minimum absolute atomic E-state index is 0.0198. The number of rotatable bonds is 13. The van der Waals surface area contributed by atoms with Gasteiger partial charge in [0.2, 0.25) is 0 Å². The summed E-state index contributed by atoms with van der Waals surface area (Å²) < 4.78 is 24.0. The Morgan fingerprint density at radius 3 is 1.81 bits per heavy atom. The van der Waals surface area contributed by atoms with Crippen molar-refractivity contribution in [3.05, 3.63) is 0 Å². The van der Waals surface area contributed by atoms with Crippen LogP contribution in [0.25, 0.3) is 0 Å². The van der Waals surface area contributed by atoms with E-state index in [1.807, 2.05) is 34.6 Å². The molecule has 0 aromatic carbocycles. The number of hydrogen-bond acceptors (Lipinski definition) is 6. The summed E-state index contributed by atoms with van der Waals surface area (Å²) in [7, 11) is 1.20. The fourth-order valence-corrected chi connectivity index (χ4v) is 4.30. The third-order valence-corrected chi connectivity index (χ3v) is 10.6. The Morgan fingerprint density at radius 2 is 1.42 bits per heavy atom. The molecule has 0 aromatic rings. The molecule has 6 nitrogen and oxygen atoms in total. The number of carbonyl (C=O) groups excluding carboxylic acids is 2. The number of ether oxygens (including phenoxy) is 3.